The molecule has 1 aliphatic carbocycles. The van der Waals surface area contributed by atoms with Gasteiger partial charge in [0.2, 0.25) is 5.91 Å². The van der Waals surface area contributed by atoms with Crippen molar-refractivity contribution in [1.29, 1.82) is 0 Å². The van der Waals surface area contributed by atoms with E-state index < -0.39 is 149 Å². The van der Waals surface area contributed by atoms with Gasteiger partial charge in [0.05, 0.1) is 17.9 Å². The molecule has 4 aromatic rings. The molecule has 0 unspecified atom stereocenters. The van der Waals surface area contributed by atoms with Gasteiger partial charge >= 0.3 is 6.18 Å². The van der Waals surface area contributed by atoms with Gasteiger partial charge in [0, 0.05) is 44.8 Å². The Hall–Kier alpha value is -3.96. The van der Waals surface area contributed by atoms with Crippen LogP contribution in [0, 0.1) is 12.7 Å². The molecule has 254 valence electrons. The van der Waals surface area contributed by atoms with E-state index in [9.17, 15) is 29.9 Å². The molecule has 1 aromatic heterocycles. The summed E-state index contributed by atoms with van der Waals surface area (Å²) in [6, 6.07) is -3.22. The first kappa shape index (κ1) is 20.5. The van der Waals surface area contributed by atoms with Crippen LogP contribution in [-0.2, 0) is 42.5 Å². The van der Waals surface area contributed by atoms with Crippen molar-refractivity contribution in [3.05, 3.63) is 116 Å². The number of aromatic nitrogens is 2. The molecule has 0 spiro atoms. The highest BCUT2D eigenvalue weighted by atomic mass is 32.2. The van der Waals surface area contributed by atoms with Crippen molar-refractivity contribution < 1.29 is 42.9 Å². The van der Waals surface area contributed by atoms with Crippen LogP contribution in [0.25, 0.3) is 11.1 Å². The molecule has 0 bridgehead atoms. The normalized spacial score (nSPS) is 20.8. The zero-order valence-electron chi connectivity index (χ0n) is 41.1. The maximum absolute atomic E-state index is 14.8. The molecule has 0 N–H and O–H groups in total. The number of carbonyl (C=O) groups excluding carboxylic acids is 1. The lowest BCUT2D eigenvalue weighted by Gasteiger charge is -2.28. The SMILES string of the molecule is [2H]c1c([2H])c(C([2H])([2H])N(CCN(CC)CC)C(=O)Cn2c(SCc3ccc(F)cc3)nc(=O)c3c2C([2H])([2H])C([2H])([2H])C3([2H])[2H])c([2H])c([2H])c1-c1c([2H])c([2H])c(C(F)(F)F)c(C)c1[2H]. The van der Waals surface area contributed by atoms with Crippen molar-refractivity contribution in [1.82, 2.24) is 19.4 Å². The minimum absolute atomic E-state index is 0.0847. The molecule has 5 rings (SSSR count). The lowest BCUT2D eigenvalue weighted by Crippen LogP contribution is -2.40. The maximum Gasteiger partial charge on any atom is 0.416 e. The molecule has 6 nitrogen and oxygen atoms in total. The van der Waals surface area contributed by atoms with Gasteiger partial charge in [-0.1, -0.05) is 74.0 Å². The molecule has 0 saturated heterocycles. The van der Waals surface area contributed by atoms with Crippen molar-refractivity contribution in [2.75, 3.05) is 26.2 Å². The van der Waals surface area contributed by atoms with Crippen LogP contribution in [0.15, 0.2) is 76.5 Å². The predicted octanol–water partition coefficient (Wildman–Crippen LogP) is 7.53. The highest BCUT2D eigenvalue weighted by molar-refractivity contribution is 7.98. The van der Waals surface area contributed by atoms with Crippen LogP contribution in [0.2, 0.25) is 0 Å². The van der Waals surface area contributed by atoms with Crippen LogP contribution in [0.3, 0.4) is 0 Å². The number of hydrogen-bond acceptors (Lipinski definition) is 5. The van der Waals surface area contributed by atoms with Gasteiger partial charge in [-0.2, -0.15) is 18.2 Å². The van der Waals surface area contributed by atoms with E-state index in [2.05, 4.69) is 4.98 Å². The first-order valence-corrected chi connectivity index (χ1v) is 15.8. The van der Waals surface area contributed by atoms with Crippen molar-refractivity contribution in [3.8, 4) is 11.1 Å². The molecule has 11 heteroatoms. The number of nitrogens with zero attached hydrogens (tertiary/aromatic N) is 4. The van der Waals surface area contributed by atoms with Gasteiger partial charge in [0.1, 0.15) is 12.4 Å². The fourth-order valence-electron chi connectivity index (χ4n) is 4.70. The summed E-state index contributed by atoms with van der Waals surface area (Å²) >= 11 is 0.714. The van der Waals surface area contributed by atoms with Crippen molar-refractivity contribution in [2.24, 2.45) is 0 Å². The Bertz CT molecular complexity index is 2480. The van der Waals surface area contributed by atoms with E-state index in [1.165, 1.54) is 12.1 Å². The molecule has 48 heavy (non-hydrogen) atoms. The molecule has 0 atom stereocenters. The first-order chi connectivity index (χ1) is 28.9. The summed E-state index contributed by atoms with van der Waals surface area (Å²) in [6.07, 6.45) is -15.2. The van der Waals surface area contributed by atoms with Crippen LogP contribution >= 0.6 is 11.8 Å². The first-order valence-electron chi connectivity index (χ1n) is 22.3. The summed E-state index contributed by atoms with van der Waals surface area (Å²) in [6.45, 7) is -0.0635. The van der Waals surface area contributed by atoms with Gasteiger partial charge in [0.15, 0.2) is 5.16 Å². The molecule has 0 saturated carbocycles. The third-order valence-corrected chi connectivity index (χ3v) is 8.38. The number of halogens is 4. The van der Waals surface area contributed by atoms with E-state index in [1.54, 1.807) is 18.7 Å². The monoisotopic (exact) mass is 695 g/mol. The molecular weight excluding hydrogens is 640 g/mol. The molecule has 0 radical (unpaired) electrons. The fraction of sp³-hybridized carbons (Fsp3) is 0.378. The molecule has 1 aliphatic rings. The van der Waals surface area contributed by atoms with E-state index >= 15 is 0 Å². The number of likely N-dealkylation sites (N-methyl/N-ethyl adjacent to an activating group) is 1. The minimum Gasteiger partial charge on any atom is -0.336 e. The summed E-state index contributed by atoms with van der Waals surface area (Å²) < 4.78 is 187. The molecule has 0 fully saturated rings. The van der Waals surface area contributed by atoms with E-state index in [0.717, 1.165) is 23.6 Å². The van der Waals surface area contributed by atoms with E-state index in [-0.39, 0.29) is 12.3 Å². The van der Waals surface area contributed by atoms with Crippen molar-refractivity contribution in [2.45, 2.75) is 70.0 Å². The predicted molar refractivity (Wildman–Crippen MR) is 181 cm³/mol. The molecule has 0 aliphatic heterocycles. The maximum atomic E-state index is 14.8. The number of benzene rings is 3. The Morgan fingerprint density at radius 1 is 1.02 bits per heavy atom. The Morgan fingerprint density at radius 2 is 1.71 bits per heavy atom. The molecule has 1 heterocycles. The zero-order valence-corrected chi connectivity index (χ0v) is 26.9. The third kappa shape index (κ3) is 8.54. The largest absolute Gasteiger partial charge is 0.416 e. The van der Waals surface area contributed by atoms with Gasteiger partial charge in [0.25, 0.3) is 5.56 Å². The van der Waals surface area contributed by atoms with E-state index in [4.69, 9.17) is 17.8 Å². The number of fused-ring (bicyclic) bond motifs is 1. The summed E-state index contributed by atoms with van der Waals surface area (Å²) in [7, 11) is 0. The lowest BCUT2D eigenvalue weighted by atomic mass is 9.98. The standard InChI is InChI=1S/C37H40F4N4O2S/c1-4-43(5-2)19-20-44(22-26-9-13-28(14-10-26)29-15-18-32(25(3)21-29)37(39,40)41)34(46)23-45-33-8-6-7-31(33)35(47)42-36(45)48-24-27-11-16-30(38)17-12-27/h9-18,21H,4-8,19-20,22-24H2,1-3H3/i6D2,7D2,8D2,9D,10D,13D,14D,15D,18D,21D,22D2. The van der Waals surface area contributed by atoms with Crippen molar-refractivity contribution >= 4 is 17.7 Å². The smallest absolute Gasteiger partial charge is 0.336 e. The second-order valence-electron chi connectivity index (χ2n) is 10.5. The third-order valence-electron chi connectivity index (χ3n) is 7.33. The van der Waals surface area contributed by atoms with Gasteiger partial charge in [-0.25, -0.2) is 4.39 Å². The quantitative estimate of drug-likeness (QED) is 0.0823. The van der Waals surface area contributed by atoms with Crippen LogP contribution in [0.1, 0.15) is 74.3 Å². The van der Waals surface area contributed by atoms with Gasteiger partial charge in [-0.05, 0) is 85.1 Å². The Labute approximate surface area is 303 Å². The average Bonchev–Trinajstić information content (AvgIpc) is 3.29. The second-order valence-corrected chi connectivity index (χ2v) is 11.4. The molecular formula is C37H40F4N4O2S. The Kier molecular flexibility index (Phi) is 6.63. The second kappa shape index (κ2) is 15.5. The number of amides is 1. The van der Waals surface area contributed by atoms with Crippen LogP contribution in [0.4, 0.5) is 17.6 Å². The lowest BCUT2D eigenvalue weighted by molar-refractivity contribution is -0.138. The van der Waals surface area contributed by atoms with Crippen LogP contribution in [-0.4, -0.2) is 51.4 Å². The summed E-state index contributed by atoms with van der Waals surface area (Å²) in [5.74, 6) is -1.95. The highest BCUT2D eigenvalue weighted by Crippen LogP contribution is 2.34. The van der Waals surface area contributed by atoms with E-state index in [1.807, 2.05) is 0 Å². The topological polar surface area (TPSA) is 58.4 Å². The average molecular weight is 696 g/mol. The number of alkyl halides is 3. The fourth-order valence-corrected chi connectivity index (χ4v) is 5.65. The number of carbonyl (C=O) groups is 1. The summed E-state index contributed by atoms with van der Waals surface area (Å²) in [4.78, 5) is 34.4. The Balaban J connectivity index is 1.73. The van der Waals surface area contributed by atoms with Gasteiger partial charge in [-0.3, -0.25) is 9.59 Å². The van der Waals surface area contributed by atoms with Crippen molar-refractivity contribution in [3.63, 3.8) is 0 Å². The van der Waals surface area contributed by atoms with Gasteiger partial charge in [-0.15, -0.1) is 0 Å². The van der Waals surface area contributed by atoms with Crippen LogP contribution < -0.4 is 5.56 Å². The minimum atomic E-state index is -5.17. The zero-order chi connectivity index (χ0) is 47.7. The number of hydrogen-bond donors (Lipinski definition) is 0. The number of thioether (sulfide) groups is 1. The highest BCUT2D eigenvalue weighted by Gasteiger charge is 2.32. The summed E-state index contributed by atoms with van der Waals surface area (Å²) in [5.41, 5.74) is -8.12. The van der Waals surface area contributed by atoms with Gasteiger partial charge < -0.3 is 14.4 Å². The number of rotatable bonds is 13. The Morgan fingerprint density at radius 3 is 2.38 bits per heavy atom. The van der Waals surface area contributed by atoms with Crippen LogP contribution in [0.5, 0.6) is 0 Å². The summed E-state index contributed by atoms with van der Waals surface area (Å²) in [5, 5.41) is -0.440. The van der Waals surface area contributed by atoms with E-state index in [0.29, 0.717) is 35.3 Å². The molecule has 1 amide bonds. The molecule has 3 aromatic carbocycles.